The number of rotatable bonds is 6. The highest BCUT2D eigenvalue weighted by molar-refractivity contribution is 7.93. The minimum Gasteiger partial charge on any atom is -0.352 e. The predicted octanol–water partition coefficient (Wildman–Crippen LogP) is 2.39. The first-order valence-corrected chi connectivity index (χ1v) is 9.40. The van der Waals surface area contributed by atoms with E-state index < -0.39 is 10.0 Å². The Bertz CT molecular complexity index is 609. The average molecular weight is 324 g/mol. The molecule has 2 rings (SSSR count). The lowest BCUT2D eigenvalue weighted by molar-refractivity contribution is 0.0952. The highest BCUT2D eigenvalue weighted by atomic mass is 32.2. The highest BCUT2D eigenvalue weighted by Crippen LogP contribution is 2.24. The van der Waals surface area contributed by atoms with Crippen LogP contribution in [0.2, 0.25) is 0 Å². The molecule has 6 heteroatoms. The topological polar surface area (TPSA) is 66.5 Å². The highest BCUT2D eigenvalue weighted by Gasteiger charge is 2.28. The fourth-order valence-electron chi connectivity index (χ4n) is 2.52. The Balaban J connectivity index is 1.93. The number of benzene rings is 1. The average Bonchev–Trinajstić information content (AvgIpc) is 2.83. The lowest BCUT2D eigenvalue weighted by Gasteiger charge is -2.17. The molecule has 1 aliphatic rings. The zero-order chi connectivity index (χ0) is 16.2. The number of carbonyl (C=O) groups is 1. The Morgan fingerprint density at radius 2 is 1.95 bits per heavy atom. The van der Waals surface area contributed by atoms with Gasteiger partial charge >= 0.3 is 0 Å². The SMILES string of the molecule is CC(C)CCCNC(=O)c1ccc(N2CCCS2(=O)=O)cc1. The summed E-state index contributed by atoms with van der Waals surface area (Å²) in [7, 11) is -3.17. The third kappa shape index (κ3) is 4.22. The molecule has 1 aromatic carbocycles. The molecule has 0 aliphatic carbocycles. The monoisotopic (exact) mass is 324 g/mol. The van der Waals surface area contributed by atoms with E-state index in [2.05, 4.69) is 19.2 Å². The molecule has 1 aliphatic heterocycles. The molecule has 0 saturated carbocycles. The number of amides is 1. The van der Waals surface area contributed by atoms with Crippen LogP contribution in [0, 0.1) is 5.92 Å². The second-order valence-electron chi connectivity index (χ2n) is 6.08. The van der Waals surface area contributed by atoms with Crippen LogP contribution in [0.25, 0.3) is 0 Å². The maximum absolute atomic E-state index is 12.0. The second-order valence-corrected chi connectivity index (χ2v) is 8.09. The summed E-state index contributed by atoms with van der Waals surface area (Å²) in [6.45, 7) is 5.50. The fourth-order valence-corrected chi connectivity index (χ4v) is 4.09. The van der Waals surface area contributed by atoms with Crippen molar-refractivity contribution in [2.24, 2.45) is 5.92 Å². The Morgan fingerprint density at radius 1 is 1.27 bits per heavy atom. The van der Waals surface area contributed by atoms with Gasteiger partial charge in [0.05, 0.1) is 11.4 Å². The molecule has 1 fully saturated rings. The van der Waals surface area contributed by atoms with Gasteiger partial charge in [-0.15, -0.1) is 0 Å². The van der Waals surface area contributed by atoms with Gasteiger partial charge < -0.3 is 5.32 Å². The molecule has 5 nitrogen and oxygen atoms in total. The smallest absolute Gasteiger partial charge is 0.251 e. The summed E-state index contributed by atoms with van der Waals surface area (Å²) < 4.78 is 25.1. The minimum absolute atomic E-state index is 0.111. The van der Waals surface area contributed by atoms with E-state index in [-0.39, 0.29) is 11.7 Å². The van der Waals surface area contributed by atoms with Gasteiger partial charge in [-0.3, -0.25) is 9.10 Å². The molecule has 0 radical (unpaired) electrons. The first-order chi connectivity index (χ1) is 10.4. The van der Waals surface area contributed by atoms with Crippen molar-refractivity contribution < 1.29 is 13.2 Å². The van der Waals surface area contributed by atoms with Gasteiger partial charge in [0.2, 0.25) is 10.0 Å². The molecule has 0 aromatic heterocycles. The molecular weight excluding hydrogens is 300 g/mol. The van der Waals surface area contributed by atoms with Crippen molar-refractivity contribution in [3.8, 4) is 0 Å². The number of hydrogen-bond acceptors (Lipinski definition) is 3. The minimum atomic E-state index is -3.17. The number of carbonyl (C=O) groups excluding carboxylic acids is 1. The van der Waals surface area contributed by atoms with Crippen LogP contribution < -0.4 is 9.62 Å². The van der Waals surface area contributed by atoms with Gasteiger partial charge in [0.25, 0.3) is 5.91 Å². The van der Waals surface area contributed by atoms with Gasteiger partial charge in [-0.05, 0) is 49.4 Å². The Kier molecular flexibility index (Phi) is 5.45. The lowest BCUT2D eigenvalue weighted by Crippen LogP contribution is -2.26. The number of hydrogen-bond donors (Lipinski definition) is 1. The molecule has 1 N–H and O–H groups in total. The van der Waals surface area contributed by atoms with Crippen molar-refractivity contribution in [1.29, 1.82) is 0 Å². The molecule has 0 spiro atoms. The van der Waals surface area contributed by atoms with Gasteiger partial charge in [0.1, 0.15) is 0 Å². The van der Waals surface area contributed by atoms with Crippen LogP contribution in [0.4, 0.5) is 5.69 Å². The van der Waals surface area contributed by atoms with E-state index >= 15 is 0 Å². The Hall–Kier alpha value is -1.56. The Morgan fingerprint density at radius 3 is 2.50 bits per heavy atom. The number of nitrogens with zero attached hydrogens (tertiary/aromatic N) is 1. The van der Waals surface area contributed by atoms with E-state index in [1.54, 1.807) is 24.3 Å². The van der Waals surface area contributed by atoms with Gasteiger partial charge in [-0.1, -0.05) is 13.8 Å². The van der Waals surface area contributed by atoms with Crippen molar-refractivity contribution in [2.45, 2.75) is 33.1 Å². The van der Waals surface area contributed by atoms with Crippen LogP contribution in [-0.2, 0) is 10.0 Å². The summed E-state index contributed by atoms with van der Waals surface area (Å²) in [6.07, 6.45) is 2.71. The first-order valence-electron chi connectivity index (χ1n) is 7.79. The van der Waals surface area contributed by atoms with Gasteiger partial charge in [0.15, 0.2) is 0 Å². The summed E-state index contributed by atoms with van der Waals surface area (Å²) >= 11 is 0. The van der Waals surface area contributed by atoms with Gasteiger partial charge in [-0.2, -0.15) is 0 Å². The molecule has 1 saturated heterocycles. The van der Waals surface area contributed by atoms with Crippen molar-refractivity contribution >= 4 is 21.6 Å². The third-order valence-electron chi connectivity index (χ3n) is 3.76. The predicted molar refractivity (Wildman–Crippen MR) is 88.6 cm³/mol. The molecule has 122 valence electrons. The molecular formula is C16H24N2O3S. The van der Waals surface area contributed by atoms with E-state index in [1.165, 1.54) is 4.31 Å². The second kappa shape index (κ2) is 7.13. The number of nitrogens with one attached hydrogen (secondary N) is 1. The first kappa shape index (κ1) is 16.8. The quantitative estimate of drug-likeness (QED) is 0.817. The lowest BCUT2D eigenvalue weighted by atomic mass is 10.1. The Labute approximate surface area is 132 Å². The van der Waals surface area contributed by atoms with Crippen LogP contribution >= 0.6 is 0 Å². The van der Waals surface area contributed by atoms with Crippen LogP contribution in [0.1, 0.15) is 43.5 Å². The van der Waals surface area contributed by atoms with Crippen molar-refractivity contribution in [1.82, 2.24) is 5.32 Å². The third-order valence-corrected chi connectivity index (χ3v) is 5.63. The van der Waals surface area contributed by atoms with Crippen LogP contribution in [0.15, 0.2) is 24.3 Å². The molecule has 1 amide bonds. The van der Waals surface area contributed by atoms with E-state index in [1.807, 2.05) is 0 Å². The standard InChI is InChI=1S/C16H24N2O3S/c1-13(2)5-3-10-17-16(19)14-6-8-15(9-7-14)18-11-4-12-22(18,20)21/h6-9,13H,3-5,10-12H2,1-2H3,(H,17,19). The maximum atomic E-state index is 12.0. The summed E-state index contributed by atoms with van der Waals surface area (Å²) in [4.78, 5) is 12.0. The van der Waals surface area contributed by atoms with Crippen molar-refractivity contribution in [3.63, 3.8) is 0 Å². The van der Waals surface area contributed by atoms with Crippen LogP contribution in [-0.4, -0.2) is 33.2 Å². The molecule has 1 heterocycles. The van der Waals surface area contributed by atoms with E-state index in [0.29, 0.717) is 36.7 Å². The molecule has 0 bridgehead atoms. The zero-order valence-electron chi connectivity index (χ0n) is 13.2. The fraction of sp³-hybridized carbons (Fsp3) is 0.562. The van der Waals surface area contributed by atoms with E-state index in [9.17, 15) is 13.2 Å². The van der Waals surface area contributed by atoms with Gasteiger partial charge in [0, 0.05) is 18.7 Å². The van der Waals surface area contributed by atoms with E-state index in [4.69, 9.17) is 0 Å². The molecule has 22 heavy (non-hydrogen) atoms. The van der Waals surface area contributed by atoms with Crippen molar-refractivity contribution in [3.05, 3.63) is 29.8 Å². The van der Waals surface area contributed by atoms with Crippen LogP contribution in [0.5, 0.6) is 0 Å². The largest absolute Gasteiger partial charge is 0.352 e. The summed E-state index contributed by atoms with van der Waals surface area (Å²) in [5, 5.41) is 2.89. The maximum Gasteiger partial charge on any atom is 0.251 e. The van der Waals surface area contributed by atoms with Crippen LogP contribution in [0.3, 0.4) is 0 Å². The summed E-state index contributed by atoms with van der Waals surface area (Å²) in [5.41, 5.74) is 1.19. The molecule has 0 atom stereocenters. The molecule has 1 aromatic rings. The van der Waals surface area contributed by atoms with Crippen molar-refractivity contribution in [2.75, 3.05) is 23.1 Å². The number of sulfonamides is 1. The zero-order valence-corrected chi connectivity index (χ0v) is 14.0. The molecule has 0 unspecified atom stereocenters. The van der Waals surface area contributed by atoms with Gasteiger partial charge in [-0.25, -0.2) is 8.42 Å². The summed E-state index contributed by atoms with van der Waals surface area (Å²) in [5.74, 6) is 0.726. The number of anilines is 1. The normalized spacial score (nSPS) is 17.0. The summed E-state index contributed by atoms with van der Waals surface area (Å²) in [6, 6.07) is 6.76. The van der Waals surface area contributed by atoms with E-state index in [0.717, 1.165) is 12.8 Å².